The van der Waals surface area contributed by atoms with E-state index in [1.807, 2.05) is 12.4 Å². The summed E-state index contributed by atoms with van der Waals surface area (Å²) in [6.07, 6.45) is 9.34. The van der Waals surface area contributed by atoms with Crippen LogP contribution in [-0.2, 0) is 6.42 Å². The zero-order chi connectivity index (χ0) is 9.47. The summed E-state index contributed by atoms with van der Waals surface area (Å²) in [6, 6.07) is 0. The van der Waals surface area contributed by atoms with Crippen LogP contribution in [0.3, 0.4) is 0 Å². The van der Waals surface area contributed by atoms with Crippen molar-refractivity contribution in [3.8, 4) is 0 Å². The number of aromatic nitrogens is 1. The van der Waals surface area contributed by atoms with Gasteiger partial charge in [-0.25, -0.2) is 0 Å². The first-order chi connectivity index (χ1) is 6.08. The van der Waals surface area contributed by atoms with E-state index in [-0.39, 0.29) is 5.41 Å². The fourth-order valence-corrected chi connectivity index (χ4v) is 2.18. The minimum Gasteiger partial charge on any atom is -0.263 e. The van der Waals surface area contributed by atoms with Crippen LogP contribution >= 0.6 is 15.9 Å². The quantitative estimate of drug-likeness (QED) is 0.674. The zero-order valence-electron chi connectivity index (χ0n) is 7.84. The molecular formula is C11H12BrN. The normalized spacial score (nSPS) is 18.4. The molecule has 13 heavy (non-hydrogen) atoms. The van der Waals surface area contributed by atoms with Gasteiger partial charge >= 0.3 is 0 Å². The number of rotatable bonds is 0. The van der Waals surface area contributed by atoms with Crippen molar-refractivity contribution in [2.75, 3.05) is 0 Å². The Morgan fingerprint density at radius 3 is 2.92 bits per heavy atom. The van der Waals surface area contributed by atoms with Gasteiger partial charge in [-0.05, 0) is 38.9 Å². The van der Waals surface area contributed by atoms with Crippen LogP contribution in [0, 0.1) is 5.41 Å². The SMILES string of the molecule is CC1(C)C=Cc2c(Br)cncc2C1. The second kappa shape index (κ2) is 2.95. The molecule has 1 aromatic heterocycles. The third-order valence-electron chi connectivity index (χ3n) is 2.37. The van der Waals surface area contributed by atoms with Gasteiger partial charge < -0.3 is 0 Å². The third-order valence-corrected chi connectivity index (χ3v) is 3.00. The van der Waals surface area contributed by atoms with Crippen LogP contribution in [-0.4, -0.2) is 4.98 Å². The van der Waals surface area contributed by atoms with Gasteiger partial charge in [-0.3, -0.25) is 4.98 Å². The molecule has 0 radical (unpaired) electrons. The topological polar surface area (TPSA) is 12.9 Å². The Labute approximate surface area is 87.0 Å². The van der Waals surface area contributed by atoms with E-state index < -0.39 is 0 Å². The summed E-state index contributed by atoms with van der Waals surface area (Å²) in [5.74, 6) is 0. The Morgan fingerprint density at radius 1 is 1.38 bits per heavy atom. The number of nitrogens with zero attached hydrogens (tertiary/aromatic N) is 1. The van der Waals surface area contributed by atoms with Gasteiger partial charge in [-0.1, -0.05) is 26.0 Å². The van der Waals surface area contributed by atoms with Crippen LogP contribution in [0.25, 0.3) is 6.08 Å². The molecule has 1 aromatic rings. The third kappa shape index (κ3) is 1.68. The average molecular weight is 238 g/mol. The van der Waals surface area contributed by atoms with Gasteiger partial charge in [0.15, 0.2) is 0 Å². The van der Waals surface area contributed by atoms with E-state index in [0.29, 0.717) is 0 Å². The van der Waals surface area contributed by atoms with Crippen LogP contribution in [0.2, 0.25) is 0 Å². The second-order valence-electron chi connectivity index (χ2n) is 4.19. The molecule has 0 aromatic carbocycles. The highest BCUT2D eigenvalue weighted by Crippen LogP contribution is 2.34. The van der Waals surface area contributed by atoms with Crippen molar-refractivity contribution < 1.29 is 0 Å². The summed E-state index contributed by atoms with van der Waals surface area (Å²) < 4.78 is 1.09. The van der Waals surface area contributed by atoms with Gasteiger partial charge in [0.1, 0.15) is 0 Å². The first-order valence-electron chi connectivity index (χ1n) is 4.40. The lowest BCUT2D eigenvalue weighted by Gasteiger charge is -2.25. The molecule has 1 nitrogen and oxygen atoms in total. The molecule has 68 valence electrons. The van der Waals surface area contributed by atoms with E-state index in [4.69, 9.17) is 0 Å². The van der Waals surface area contributed by atoms with E-state index >= 15 is 0 Å². The predicted molar refractivity (Wildman–Crippen MR) is 58.5 cm³/mol. The van der Waals surface area contributed by atoms with Crippen LogP contribution in [0.1, 0.15) is 25.0 Å². The van der Waals surface area contributed by atoms with E-state index in [1.165, 1.54) is 11.1 Å². The minimum atomic E-state index is 0.273. The molecule has 0 saturated carbocycles. The monoisotopic (exact) mass is 237 g/mol. The first-order valence-corrected chi connectivity index (χ1v) is 5.19. The van der Waals surface area contributed by atoms with Gasteiger partial charge in [0.25, 0.3) is 0 Å². The van der Waals surface area contributed by atoms with Crippen LogP contribution in [0.5, 0.6) is 0 Å². The molecule has 0 amide bonds. The largest absolute Gasteiger partial charge is 0.263 e. The summed E-state index contributed by atoms with van der Waals surface area (Å²) in [4.78, 5) is 4.18. The number of hydrogen-bond acceptors (Lipinski definition) is 1. The molecule has 0 N–H and O–H groups in total. The van der Waals surface area contributed by atoms with Crippen LogP contribution < -0.4 is 0 Å². The van der Waals surface area contributed by atoms with Crippen molar-refractivity contribution in [3.63, 3.8) is 0 Å². The summed E-state index contributed by atoms with van der Waals surface area (Å²) >= 11 is 3.51. The minimum absolute atomic E-state index is 0.273. The molecule has 0 fully saturated rings. The lowest BCUT2D eigenvalue weighted by atomic mass is 9.80. The van der Waals surface area contributed by atoms with E-state index in [9.17, 15) is 0 Å². The molecular weight excluding hydrogens is 226 g/mol. The fraction of sp³-hybridized carbons (Fsp3) is 0.364. The molecule has 0 bridgehead atoms. The highest BCUT2D eigenvalue weighted by molar-refractivity contribution is 9.10. The maximum Gasteiger partial charge on any atom is 0.0433 e. The van der Waals surface area contributed by atoms with Gasteiger partial charge in [-0.15, -0.1) is 0 Å². The summed E-state index contributed by atoms with van der Waals surface area (Å²) in [5.41, 5.74) is 2.89. The molecule has 2 heteroatoms. The Bertz CT molecular complexity index is 366. The maximum absolute atomic E-state index is 4.18. The summed E-state index contributed by atoms with van der Waals surface area (Å²) in [7, 11) is 0. The average Bonchev–Trinajstić information content (AvgIpc) is 2.02. The molecule has 1 heterocycles. The Hall–Kier alpha value is -0.630. The van der Waals surface area contributed by atoms with Crippen LogP contribution in [0.15, 0.2) is 22.9 Å². The van der Waals surface area contributed by atoms with Crippen molar-refractivity contribution in [1.29, 1.82) is 0 Å². The summed E-state index contributed by atoms with van der Waals surface area (Å²) in [5, 5.41) is 0. The number of hydrogen-bond donors (Lipinski definition) is 0. The van der Waals surface area contributed by atoms with Crippen molar-refractivity contribution >= 4 is 22.0 Å². The van der Waals surface area contributed by atoms with Gasteiger partial charge in [0, 0.05) is 16.9 Å². The predicted octanol–water partition coefficient (Wildman–Crippen LogP) is 3.44. The number of pyridine rings is 1. The number of fused-ring (bicyclic) bond motifs is 1. The van der Waals surface area contributed by atoms with Gasteiger partial charge in [-0.2, -0.15) is 0 Å². The molecule has 2 rings (SSSR count). The molecule has 0 atom stereocenters. The molecule has 0 unspecified atom stereocenters. The number of halogens is 1. The van der Waals surface area contributed by atoms with Gasteiger partial charge in [0.2, 0.25) is 0 Å². The van der Waals surface area contributed by atoms with E-state index in [1.54, 1.807) is 0 Å². The van der Waals surface area contributed by atoms with Crippen molar-refractivity contribution in [3.05, 3.63) is 34.1 Å². The van der Waals surface area contributed by atoms with Crippen molar-refractivity contribution in [1.82, 2.24) is 4.98 Å². The lowest BCUT2D eigenvalue weighted by Crippen LogP contribution is -2.15. The molecule has 0 saturated heterocycles. The second-order valence-corrected chi connectivity index (χ2v) is 5.05. The fourth-order valence-electron chi connectivity index (χ4n) is 1.67. The summed E-state index contributed by atoms with van der Waals surface area (Å²) in [6.45, 7) is 4.49. The van der Waals surface area contributed by atoms with E-state index in [2.05, 4.69) is 46.9 Å². The van der Waals surface area contributed by atoms with E-state index in [0.717, 1.165) is 10.9 Å². The maximum atomic E-state index is 4.18. The standard InChI is InChI=1S/C11H12BrN/c1-11(2)4-3-9-8(5-11)6-13-7-10(9)12/h3-4,6-7H,5H2,1-2H3. The van der Waals surface area contributed by atoms with Crippen molar-refractivity contribution in [2.24, 2.45) is 5.41 Å². The molecule has 0 aliphatic heterocycles. The molecule has 1 aliphatic carbocycles. The Kier molecular flexibility index (Phi) is 2.03. The molecule has 0 spiro atoms. The first kappa shape index (κ1) is 8.95. The smallest absolute Gasteiger partial charge is 0.0433 e. The lowest BCUT2D eigenvalue weighted by molar-refractivity contribution is 0.474. The van der Waals surface area contributed by atoms with Crippen molar-refractivity contribution in [2.45, 2.75) is 20.3 Å². The molecule has 1 aliphatic rings. The zero-order valence-corrected chi connectivity index (χ0v) is 9.43. The Balaban J connectivity index is 2.53. The Morgan fingerprint density at radius 2 is 2.15 bits per heavy atom. The number of allylic oxidation sites excluding steroid dienone is 1. The van der Waals surface area contributed by atoms with Gasteiger partial charge in [0.05, 0.1) is 0 Å². The highest BCUT2D eigenvalue weighted by Gasteiger charge is 2.21. The highest BCUT2D eigenvalue weighted by atomic mass is 79.9. The van der Waals surface area contributed by atoms with Crippen LogP contribution in [0.4, 0.5) is 0 Å².